The molecule has 1 N–H and O–H groups in total. The largest absolute Gasteiger partial charge is 0.352 e. The molecule has 2 rings (SSSR count). The lowest BCUT2D eigenvalue weighted by Gasteiger charge is -2.21. The molecule has 3 heteroatoms. The lowest BCUT2D eigenvalue weighted by Crippen LogP contribution is -2.30. The summed E-state index contributed by atoms with van der Waals surface area (Å²) in [5.41, 5.74) is 0.765. The Balaban J connectivity index is 1.82. The molecule has 1 aromatic rings. The second-order valence-corrected chi connectivity index (χ2v) is 5.97. The van der Waals surface area contributed by atoms with Gasteiger partial charge in [0, 0.05) is 15.7 Å². The van der Waals surface area contributed by atoms with E-state index in [2.05, 4.69) is 27.9 Å². The molecule has 1 fully saturated rings. The molecule has 0 atom stereocenters. The van der Waals surface area contributed by atoms with E-state index in [0.29, 0.717) is 5.92 Å². The Morgan fingerprint density at radius 3 is 2.47 bits per heavy atom. The van der Waals surface area contributed by atoms with E-state index in [-0.39, 0.29) is 5.91 Å². The third kappa shape index (κ3) is 3.98. The Bertz CT molecular complexity index is 368. The minimum Gasteiger partial charge on any atom is -0.352 e. The fourth-order valence-corrected chi connectivity index (χ4v) is 2.69. The van der Waals surface area contributed by atoms with E-state index in [1.165, 1.54) is 32.1 Å². The molecule has 1 saturated carbocycles. The first kappa shape index (κ1) is 12.9. The average molecular weight is 343 g/mol. The molecule has 0 aliphatic heterocycles. The molecular formula is C14H18INO. The van der Waals surface area contributed by atoms with Crippen LogP contribution in [-0.4, -0.2) is 12.5 Å². The van der Waals surface area contributed by atoms with E-state index in [0.717, 1.165) is 15.7 Å². The molecule has 1 aliphatic carbocycles. The highest BCUT2D eigenvalue weighted by atomic mass is 127. The highest BCUT2D eigenvalue weighted by molar-refractivity contribution is 14.1. The summed E-state index contributed by atoms with van der Waals surface area (Å²) in [6, 6.07) is 7.71. The number of halogens is 1. The van der Waals surface area contributed by atoms with Crippen molar-refractivity contribution in [3.8, 4) is 0 Å². The number of hydrogen-bond donors (Lipinski definition) is 1. The molecule has 0 saturated heterocycles. The van der Waals surface area contributed by atoms with E-state index in [1.807, 2.05) is 24.3 Å². The minimum atomic E-state index is 0.0620. The zero-order valence-corrected chi connectivity index (χ0v) is 12.1. The fourth-order valence-electron chi connectivity index (χ4n) is 2.33. The first-order valence-electron chi connectivity index (χ1n) is 6.29. The molecule has 0 spiro atoms. The van der Waals surface area contributed by atoms with Crippen molar-refractivity contribution >= 4 is 28.5 Å². The van der Waals surface area contributed by atoms with Gasteiger partial charge in [-0.2, -0.15) is 0 Å². The summed E-state index contributed by atoms with van der Waals surface area (Å²) in [7, 11) is 0. The number of carbonyl (C=O) groups is 1. The maximum absolute atomic E-state index is 11.9. The lowest BCUT2D eigenvalue weighted by atomic mass is 9.89. The van der Waals surface area contributed by atoms with Crippen molar-refractivity contribution in [2.75, 3.05) is 6.54 Å². The van der Waals surface area contributed by atoms with Crippen LogP contribution in [0.3, 0.4) is 0 Å². The van der Waals surface area contributed by atoms with Gasteiger partial charge in [0.25, 0.3) is 5.91 Å². The van der Waals surface area contributed by atoms with Gasteiger partial charge >= 0.3 is 0 Å². The first-order valence-corrected chi connectivity index (χ1v) is 7.37. The van der Waals surface area contributed by atoms with Crippen molar-refractivity contribution < 1.29 is 4.79 Å². The van der Waals surface area contributed by atoms with Crippen LogP contribution in [0.2, 0.25) is 0 Å². The Morgan fingerprint density at radius 1 is 1.18 bits per heavy atom. The summed E-state index contributed by atoms with van der Waals surface area (Å²) in [4.78, 5) is 11.9. The van der Waals surface area contributed by atoms with Crippen molar-refractivity contribution in [3.05, 3.63) is 33.4 Å². The van der Waals surface area contributed by atoms with Gasteiger partial charge in [-0.15, -0.1) is 0 Å². The van der Waals surface area contributed by atoms with Crippen LogP contribution in [-0.2, 0) is 0 Å². The summed E-state index contributed by atoms with van der Waals surface area (Å²) < 4.78 is 1.16. The highest BCUT2D eigenvalue weighted by Gasteiger charge is 2.14. The van der Waals surface area contributed by atoms with Crippen LogP contribution in [0, 0.1) is 9.49 Å². The summed E-state index contributed by atoms with van der Waals surface area (Å²) in [5.74, 6) is 0.753. The van der Waals surface area contributed by atoms with Crippen LogP contribution in [0.25, 0.3) is 0 Å². The summed E-state index contributed by atoms with van der Waals surface area (Å²) in [6.07, 6.45) is 6.55. The standard InChI is InChI=1S/C14H18INO/c15-13-8-6-12(7-9-13)14(17)16-10-11-4-2-1-3-5-11/h6-9,11H,1-5,10H2,(H,16,17). The molecule has 0 unspecified atom stereocenters. The van der Waals surface area contributed by atoms with Gasteiger partial charge in [-0.3, -0.25) is 4.79 Å². The maximum atomic E-state index is 11.9. The van der Waals surface area contributed by atoms with E-state index in [9.17, 15) is 4.79 Å². The van der Waals surface area contributed by atoms with Crippen molar-refractivity contribution in [2.24, 2.45) is 5.92 Å². The zero-order valence-electron chi connectivity index (χ0n) is 9.92. The van der Waals surface area contributed by atoms with Crippen LogP contribution in [0.15, 0.2) is 24.3 Å². The third-order valence-electron chi connectivity index (χ3n) is 3.38. The van der Waals surface area contributed by atoms with Gasteiger partial charge in [0.2, 0.25) is 0 Å². The van der Waals surface area contributed by atoms with Crippen molar-refractivity contribution in [1.29, 1.82) is 0 Å². The van der Waals surface area contributed by atoms with Gasteiger partial charge in [-0.1, -0.05) is 19.3 Å². The fraction of sp³-hybridized carbons (Fsp3) is 0.500. The zero-order chi connectivity index (χ0) is 12.1. The van der Waals surface area contributed by atoms with Crippen molar-refractivity contribution in [3.63, 3.8) is 0 Å². The predicted molar refractivity (Wildman–Crippen MR) is 78.1 cm³/mol. The molecule has 1 amide bonds. The second-order valence-electron chi connectivity index (χ2n) is 4.72. The Morgan fingerprint density at radius 2 is 1.82 bits per heavy atom. The Labute approximate surface area is 116 Å². The molecule has 2 nitrogen and oxygen atoms in total. The molecule has 1 aliphatic rings. The van der Waals surface area contributed by atoms with Crippen LogP contribution >= 0.6 is 22.6 Å². The number of benzene rings is 1. The van der Waals surface area contributed by atoms with Crippen LogP contribution in [0.5, 0.6) is 0 Å². The minimum absolute atomic E-state index is 0.0620. The van der Waals surface area contributed by atoms with E-state index in [1.54, 1.807) is 0 Å². The van der Waals surface area contributed by atoms with Gasteiger partial charge < -0.3 is 5.32 Å². The van der Waals surface area contributed by atoms with Crippen LogP contribution in [0.4, 0.5) is 0 Å². The summed E-state index contributed by atoms with van der Waals surface area (Å²) in [5, 5.41) is 3.05. The van der Waals surface area contributed by atoms with E-state index < -0.39 is 0 Å². The molecule has 1 aromatic carbocycles. The van der Waals surface area contributed by atoms with Gasteiger partial charge in [0.15, 0.2) is 0 Å². The van der Waals surface area contributed by atoms with Gasteiger partial charge in [0.1, 0.15) is 0 Å². The SMILES string of the molecule is O=C(NCC1CCCCC1)c1ccc(I)cc1. The van der Waals surface area contributed by atoms with Crippen LogP contribution < -0.4 is 5.32 Å². The van der Waals surface area contributed by atoms with Gasteiger partial charge in [-0.25, -0.2) is 0 Å². The Kier molecular flexibility index (Phi) is 4.83. The highest BCUT2D eigenvalue weighted by Crippen LogP contribution is 2.22. The van der Waals surface area contributed by atoms with E-state index in [4.69, 9.17) is 0 Å². The van der Waals surface area contributed by atoms with Gasteiger partial charge in [-0.05, 0) is 65.6 Å². The predicted octanol–water partition coefficient (Wildman–Crippen LogP) is 3.60. The number of rotatable bonds is 3. The number of hydrogen-bond acceptors (Lipinski definition) is 1. The first-order chi connectivity index (χ1) is 8.25. The average Bonchev–Trinajstić information content (AvgIpc) is 2.38. The summed E-state index contributed by atoms with van der Waals surface area (Å²) in [6.45, 7) is 0.838. The van der Waals surface area contributed by atoms with Crippen molar-refractivity contribution in [2.45, 2.75) is 32.1 Å². The topological polar surface area (TPSA) is 29.1 Å². The van der Waals surface area contributed by atoms with E-state index >= 15 is 0 Å². The molecule has 0 bridgehead atoms. The third-order valence-corrected chi connectivity index (χ3v) is 4.10. The molecule has 92 valence electrons. The quantitative estimate of drug-likeness (QED) is 0.835. The molecular weight excluding hydrogens is 325 g/mol. The normalized spacial score (nSPS) is 16.8. The molecule has 0 aromatic heterocycles. The Hall–Kier alpha value is -0.580. The number of carbonyl (C=O) groups excluding carboxylic acids is 1. The van der Waals surface area contributed by atoms with Crippen LogP contribution in [0.1, 0.15) is 42.5 Å². The lowest BCUT2D eigenvalue weighted by molar-refractivity contribution is 0.0943. The summed E-state index contributed by atoms with van der Waals surface area (Å²) >= 11 is 2.24. The number of nitrogens with one attached hydrogen (secondary N) is 1. The second kappa shape index (κ2) is 6.38. The smallest absolute Gasteiger partial charge is 0.251 e. The monoisotopic (exact) mass is 343 g/mol. The molecule has 17 heavy (non-hydrogen) atoms. The maximum Gasteiger partial charge on any atom is 0.251 e. The number of amides is 1. The van der Waals surface area contributed by atoms with Gasteiger partial charge in [0.05, 0.1) is 0 Å². The van der Waals surface area contributed by atoms with Crippen molar-refractivity contribution in [1.82, 2.24) is 5.32 Å². The molecule has 0 heterocycles. The molecule has 0 radical (unpaired) electrons.